The van der Waals surface area contributed by atoms with Crippen molar-refractivity contribution in [1.82, 2.24) is 0 Å². The monoisotopic (exact) mass is 342 g/mol. The molecule has 0 bridgehead atoms. The Bertz CT molecular complexity index is 818. The van der Waals surface area contributed by atoms with Gasteiger partial charge in [-0.05, 0) is 46.4 Å². The van der Waals surface area contributed by atoms with Crippen LogP contribution in [-0.2, 0) is 0 Å². The first-order chi connectivity index (χ1) is 12.9. The van der Waals surface area contributed by atoms with Crippen molar-refractivity contribution in [3.8, 4) is 16.9 Å². The number of rotatable bonds is 7. The summed E-state index contributed by atoms with van der Waals surface area (Å²) in [5.41, 5.74) is 6.87. The second-order valence-electron chi connectivity index (χ2n) is 7.09. The Hall–Kier alpha value is -2.54. The Labute approximate surface area is 156 Å². The Morgan fingerprint density at radius 2 is 1.31 bits per heavy atom. The summed E-state index contributed by atoms with van der Waals surface area (Å²) < 4.78 is 5.91. The van der Waals surface area contributed by atoms with E-state index in [0.717, 1.165) is 18.8 Å². The molecule has 1 aliphatic rings. The Morgan fingerprint density at radius 1 is 0.692 bits per heavy atom. The first-order valence-corrected chi connectivity index (χ1v) is 9.79. The van der Waals surface area contributed by atoms with E-state index < -0.39 is 0 Å². The van der Waals surface area contributed by atoms with Gasteiger partial charge in [0.15, 0.2) is 0 Å². The van der Waals surface area contributed by atoms with Crippen molar-refractivity contribution in [3.05, 3.63) is 89.5 Å². The molecular weight excluding hydrogens is 316 g/mol. The molecule has 0 spiro atoms. The van der Waals surface area contributed by atoms with Gasteiger partial charge in [0, 0.05) is 5.92 Å². The van der Waals surface area contributed by atoms with Crippen molar-refractivity contribution < 1.29 is 4.74 Å². The fourth-order valence-electron chi connectivity index (χ4n) is 3.99. The predicted octanol–water partition coefficient (Wildman–Crippen LogP) is 6.81. The molecule has 0 aliphatic heterocycles. The molecule has 0 atom stereocenters. The third-order valence-electron chi connectivity index (χ3n) is 5.31. The van der Waals surface area contributed by atoms with E-state index in [9.17, 15) is 0 Å². The van der Waals surface area contributed by atoms with Gasteiger partial charge < -0.3 is 4.74 Å². The molecule has 0 saturated carbocycles. The van der Waals surface area contributed by atoms with Gasteiger partial charge in [-0.2, -0.15) is 0 Å². The van der Waals surface area contributed by atoms with E-state index in [1.165, 1.54) is 47.1 Å². The second-order valence-corrected chi connectivity index (χ2v) is 7.09. The van der Waals surface area contributed by atoms with Gasteiger partial charge >= 0.3 is 0 Å². The summed E-state index contributed by atoms with van der Waals surface area (Å²) >= 11 is 0. The normalized spacial score (nSPS) is 12.7. The zero-order valence-corrected chi connectivity index (χ0v) is 15.4. The summed E-state index contributed by atoms with van der Waals surface area (Å²) in [6.07, 6.45) is 4.95. The zero-order valence-electron chi connectivity index (χ0n) is 15.4. The van der Waals surface area contributed by atoms with E-state index in [2.05, 4.69) is 79.7 Å². The third kappa shape index (κ3) is 3.26. The summed E-state index contributed by atoms with van der Waals surface area (Å²) in [4.78, 5) is 0. The van der Waals surface area contributed by atoms with E-state index in [1.807, 2.05) is 0 Å². The van der Waals surface area contributed by atoms with Gasteiger partial charge in [-0.15, -0.1) is 0 Å². The van der Waals surface area contributed by atoms with Crippen molar-refractivity contribution in [2.75, 3.05) is 6.61 Å². The molecule has 0 amide bonds. The minimum absolute atomic E-state index is 0.320. The van der Waals surface area contributed by atoms with Gasteiger partial charge in [-0.3, -0.25) is 0 Å². The standard InChI is InChI=1S/C25H26O/c1-2-3-4-9-18-26-20-16-14-19(15-17-20)25-23-12-7-5-10-21(23)22-11-6-8-13-24(22)25/h5-8,10-17,25H,2-4,9,18H2,1H3. The first-order valence-electron chi connectivity index (χ1n) is 9.79. The van der Waals surface area contributed by atoms with Crippen LogP contribution in [0, 0.1) is 0 Å². The van der Waals surface area contributed by atoms with Crippen molar-refractivity contribution in [2.24, 2.45) is 0 Å². The molecule has 0 heterocycles. The molecule has 4 rings (SSSR count). The van der Waals surface area contributed by atoms with Gasteiger partial charge in [-0.25, -0.2) is 0 Å². The van der Waals surface area contributed by atoms with Crippen LogP contribution in [0.5, 0.6) is 5.75 Å². The molecule has 26 heavy (non-hydrogen) atoms. The van der Waals surface area contributed by atoms with Crippen LogP contribution in [0.2, 0.25) is 0 Å². The molecule has 0 saturated heterocycles. The topological polar surface area (TPSA) is 9.23 Å². The van der Waals surface area contributed by atoms with Crippen LogP contribution in [0.1, 0.15) is 55.2 Å². The van der Waals surface area contributed by atoms with Crippen LogP contribution < -0.4 is 4.74 Å². The van der Waals surface area contributed by atoms with Gasteiger partial charge in [0.25, 0.3) is 0 Å². The maximum atomic E-state index is 5.91. The van der Waals surface area contributed by atoms with Gasteiger partial charge in [-0.1, -0.05) is 86.8 Å². The largest absolute Gasteiger partial charge is 0.494 e. The van der Waals surface area contributed by atoms with Crippen LogP contribution in [0.4, 0.5) is 0 Å². The summed E-state index contributed by atoms with van der Waals surface area (Å²) in [7, 11) is 0. The highest BCUT2D eigenvalue weighted by Crippen LogP contribution is 2.47. The fourth-order valence-corrected chi connectivity index (χ4v) is 3.99. The van der Waals surface area contributed by atoms with E-state index in [-0.39, 0.29) is 0 Å². The van der Waals surface area contributed by atoms with E-state index in [4.69, 9.17) is 4.74 Å². The third-order valence-corrected chi connectivity index (χ3v) is 5.31. The van der Waals surface area contributed by atoms with Crippen molar-refractivity contribution in [3.63, 3.8) is 0 Å². The molecule has 1 aliphatic carbocycles. The number of hydrogen-bond donors (Lipinski definition) is 0. The number of fused-ring (bicyclic) bond motifs is 3. The predicted molar refractivity (Wildman–Crippen MR) is 109 cm³/mol. The molecule has 0 unspecified atom stereocenters. The fraction of sp³-hybridized carbons (Fsp3) is 0.280. The molecule has 3 aromatic rings. The number of ether oxygens (including phenoxy) is 1. The van der Waals surface area contributed by atoms with Crippen molar-refractivity contribution >= 4 is 0 Å². The smallest absolute Gasteiger partial charge is 0.119 e. The molecular formula is C25H26O. The summed E-state index contributed by atoms with van der Waals surface area (Å²) in [5, 5.41) is 0. The minimum atomic E-state index is 0.320. The molecule has 132 valence electrons. The SMILES string of the molecule is CCCCCCOc1ccc(C2c3ccccc3-c3ccccc32)cc1. The van der Waals surface area contributed by atoms with E-state index >= 15 is 0 Å². The highest BCUT2D eigenvalue weighted by atomic mass is 16.5. The minimum Gasteiger partial charge on any atom is -0.494 e. The zero-order chi connectivity index (χ0) is 17.8. The number of unbranched alkanes of at least 4 members (excludes halogenated alkanes) is 3. The quantitative estimate of drug-likeness (QED) is 0.335. The Balaban J connectivity index is 1.54. The lowest BCUT2D eigenvalue weighted by atomic mass is 9.89. The van der Waals surface area contributed by atoms with Crippen LogP contribution in [0.3, 0.4) is 0 Å². The summed E-state index contributed by atoms with van der Waals surface area (Å²) in [6.45, 7) is 3.05. The van der Waals surface area contributed by atoms with Gasteiger partial charge in [0.2, 0.25) is 0 Å². The molecule has 1 heteroatoms. The first kappa shape index (κ1) is 16.9. The molecule has 0 radical (unpaired) electrons. The van der Waals surface area contributed by atoms with Gasteiger partial charge in [0.05, 0.1) is 6.61 Å². The maximum Gasteiger partial charge on any atom is 0.119 e. The van der Waals surface area contributed by atoms with Crippen LogP contribution in [-0.4, -0.2) is 6.61 Å². The van der Waals surface area contributed by atoms with Gasteiger partial charge in [0.1, 0.15) is 5.75 Å². The summed E-state index contributed by atoms with van der Waals surface area (Å²) in [6, 6.07) is 26.3. The molecule has 1 nitrogen and oxygen atoms in total. The Morgan fingerprint density at radius 3 is 1.92 bits per heavy atom. The van der Waals surface area contributed by atoms with E-state index in [0.29, 0.717) is 5.92 Å². The average Bonchev–Trinajstić information content (AvgIpc) is 3.03. The highest BCUT2D eigenvalue weighted by molar-refractivity contribution is 5.80. The average molecular weight is 342 g/mol. The van der Waals surface area contributed by atoms with Crippen LogP contribution in [0.15, 0.2) is 72.8 Å². The Kier molecular flexibility index (Phi) is 5.06. The van der Waals surface area contributed by atoms with Crippen LogP contribution >= 0.6 is 0 Å². The van der Waals surface area contributed by atoms with Crippen LogP contribution in [0.25, 0.3) is 11.1 Å². The second kappa shape index (κ2) is 7.78. The highest BCUT2D eigenvalue weighted by Gasteiger charge is 2.28. The maximum absolute atomic E-state index is 5.91. The summed E-state index contributed by atoms with van der Waals surface area (Å²) in [5.74, 6) is 1.30. The number of benzene rings is 3. The van der Waals surface area contributed by atoms with Crippen molar-refractivity contribution in [1.29, 1.82) is 0 Å². The lowest BCUT2D eigenvalue weighted by molar-refractivity contribution is 0.305. The lowest BCUT2D eigenvalue weighted by Crippen LogP contribution is -2.00. The number of hydrogen-bond acceptors (Lipinski definition) is 1. The molecule has 3 aromatic carbocycles. The molecule has 0 fully saturated rings. The van der Waals surface area contributed by atoms with Crippen molar-refractivity contribution in [2.45, 2.75) is 38.5 Å². The van der Waals surface area contributed by atoms with E-state index in [1.54, 1.807) is 0 Å². The molecule has 0 N–H and O–H groups in total. The molecule has 0 aromatic heterocycles. The lowest BCUT2D eigenvalue weighted by Gasteiger charge is -2.15.